The van der Waals surface area contributed by atoms with Crippen LogP contribution in [-0.2, 0) is 10.8 Å². The van der Waals surface area contributed by atoms with Crippen molar-refractivity contribution in [3.05, 3.63) is 0 Å². The SMILES string of the molecule is CN(C)C(N)=NCC1(S(C)=O)CCC1.I. The molecular formula is C9H20IN3OS. The minimum Gasteiger partial charge on any atom is -0.370 e. The molecule has 1 aliphatic rings. The summed E-state index contributed by atoms with van der Waals surface area (Å²) in [7, 11) is 2.92. The van der Waals surface area contributed by atoms with Crippen molar-refractivity contribution in [1.29, 1.82) is 0 Å². The fourth-order valence-corrected chi connectivity index (χ4v) is 2.58. The summed E-state index contributed by atoms with van der Waals surface area (Å²) in [5, 5.41) is 0. The van der Waals surface area contributed by atoms with Gasteiger partial charge < -0.3 is 10.6 Å². The Hall–Kier alpha value is 0.150. The first-order valence-electron chi connectivity index (χ1n) is 4.79. The largest absolute Gasteiger partial charge is 0.370 e. The van der Waals surface area contributed by atoms with Crippen molar-refractivity contribution in [3.8, 4) is 0 Å². The monoisotopic (exact) mass is 345 g/mol. The first-order chi connectivity index (χ1) is 6.48. The van der Waals surface area contributed by atoms with Crippen LogP contribution in [0.3, 0.4) is 0 Å². The van der Waals surface area contributed by atoms with E-state index in [1.54, 1.807) is 11.2 Å². The zero-order chi connectivity index (χ0) is 10.8. The maximum absolute atomic E-state index is 11.5. The van der Waals surface area contributed by atoms with E-state index in [0.29, 0.717) is 12.5 Å². The second kappa shape index (κ2) is 6.03. The molecule has 0 aromatic heterocycles. The molecule has 1 saturated carbocycles. The minimum absolute atomic E-state index is 0. The van der Waals surface area contributed by atoms with Crippen molar-refractivity contribution < 1.29 is 4.21 Å². The molecule has 0 bridgehead atoms. The molecule has 0 saturated heterocycles. The summed E-state index contributed by atoms with van der Waals surface area (Å²) in [6.45, 7) is 0.597. The van der Waals surface area contributed by atoms with Crippen molar-refractivity contribution in [2.24, 2.45) is 10.7 Å². The first kappa shape index (κ1) is 15.2. The van der Waals surface area contributed by atoms with Gasteiger partial charge in [0.15, 0.2) is 5.96 Å². The van der Waals surface area contributed by atoms with Crippen LogP contribution in [0.5, 0.6) is 0 Å². The Bertz CT molecular complexity index is 264. The summed E-state index contributed by atoms with van der Waals surface area (Å²) in [6, 6.07) is 0. The number of rotatable bonds is 3. The molecule has 1 aliphatic carbocycles. The summed E-state index contributed by atoms with van der Waals surface area (Å²) in [6.07, 6.45) is 4.96. The molecule has 2 N–H and O–H groups in total. The van der Waals surface area contributed by atoms with Crippen LogP contribution in [0, 0.1) is 0 Å². The van der Waals surface area contributed by atoms with Gasteiger partial charge >= 0.3 is 0 Å². The first-order valence-corrected chi connectivity index (χ1v) is 6.34. The molecule has 0 amide bonds. The third-order valence-corrected chi connectivity index (χ3v) is 4.62. The van der Waals surface area contributed by atoms with Gasteiger partial charge in [0.2, 0.25) is 0 Å². The van der Waals surface area contributed by atoms with E-state index in [1.165, 1.54) is 0 Å². The third kappa shape index (κ3) is 3.58. The quantitative estimate of drug-likeness (QED) is 0.467. The normalized spacial score (nSPS) is 21.1. The highest BCUT2D eigenvalue weighted by Crippen LogP contribution is 2.37. The Labute approximate surface area is 111 Å². The van der Waals surface area contributed by atoms with Crippen molar-refractivity contribution in [1.82, 2.24) is 4.90 Å². The number of hydrogen-bond donors (Lipinski definition) is 1. The number of halogens is 1. The lowest BCUT2D eigenvalue weighted by Crippen LogP contribution is -2.45. The van der Waals surface area contributed by atoms with Crippen molar-refractivity contribution in [3.63, 3.8) is 0 Å². The molecule has 0 heterocycles. The number of aliphatic imine (C=N–C) groups is 1. The fourth-order valence-electron chi connectivity index (χ4n) is 1.47. The summed E-state index contributed by atoms with van der Waals surface area (Å²) in [5.74, 6) is 0.515. The van der Waals surface area contributed by atoms with E-state index in [4.69, 9.17) is 5.73 Å². The van der Waals surface area contributed by atoms with Gasteiger partial charge in [0.05, 0.1) is 11.3 Å². The van der Waals surface area contributed by atoms with Gasteiger partial charge in [-0.2, -0.15) is 0 Å². The standard InChI is InChI=1S/C9H19N3OS.HI/c1-12(2)8(10)11-7-9(14(3)13)5-4-6-9;/h4-7H2,1-3H3,(H2,10,11);1H. The van der Waals surface area contributed by atoms with Crippen LogP contribution in [0.1, 0.15) is 19.3 Å². The van der Waals surface area contributed by atoms with Crippen LogP contribution >= 0.6 is 24.0 Å². The molecule has 90 valence electrons. The molecule has 0 aromatic rings. The van der Waals surface area contributed by atoms with E-state index < -0.39 is 10.8 Å². The van der Waals surface area contributed by atoms with Crippen LogP contribution in [0.2, 0.25) is 0 Å². The molecule has 4 nitrogen and oxygen atoms in total. The highest BCUT2D eigenvalue weighted by atomic mass is 127. The molecule has 6 heteroatoms. The van der Waals surface area contributed by atoms with E-state index in [9.17, 15) is 4.21 Å². The molecular weight excluding hydrogens is 325 g/mol. The number of guanidine groups is 1. The van der Waals surface area contributed by atoms with Gasteiger partial charge in [0.25, 0.3) is 0 Å². The second-order valence-corrected chi connectivity index (χ2v) is 5.83. The van der Waals surface area contributed by atoms with Crippen molar-refractivity contribution in [2.45, 2.75) is 24.0 Å². The van der Waals surface area contributed by atoms with Crippen LogP contribution in [0.15, 0.2) is 4.99 Å². The minimum atomic E-state index is -0.793. The summed E-state index contributed by atoms with van der Waals surface area (Å²) < 4.78 is 11.4. The van der Waals surface area contributed by atoms with Crippen LogP contribution < -0.4 is 5.73 Å². The lowest BCUT2D eigenvalue weighted by molar-refractivity contribution is 0.360. The Morgan fingerprint density at radius 3 is 2.33 bits per heavy atom. The smallest absolute Gasteiger partial charge is 0.190 e. The molecule has 1 unspecified atom stereocenters. The lowest BCUT2D eigenvalue weighted by Gasteiger charge is -2.38. The van der Waals surface area contributed by atoms with E-state index in [0.717, 1.165) is 19.3 Å². The van der Waals surface area contributed by atoms with Crippen LogP contribution in [-0.4, -0.2) is 46.7 Å². The third-order valence-electron chi connectivity index (χ3n) is 2.86. The summed E-state index contributed by atoms with van der Waals surface area (Å²) >= 11 is 0. The van der Waals surface area contributed by atoms with Gasteiger partial charge in [-0.3, -0.25) is 9.20 Å². The van der Waals surface area contributed by atoms with Gasteiger partial charge in [0.1, 0.15) is 0 Å². The second-order valence-electron chi connectivity index (χ2n) is 4.06. The zero-order valence-corrected chi connectivity index (χ0v) is 12.7. The van der Waals surface area contributed by atoms with E-state index in [-0.39, 0.29) is 28.7 Å². The Morgan fingerprint density at radius 2 is 2.07 bits per heavy atom. The maximum atomic E-state index is 11.5. The number of hydrogen-bond acceptors (Lipinski definition) is 2. The zero-order valence-electron chi connectivity index (χ0n) is 9.52. The molecule has 15 heavy (non-hydrogen) atoms. The van der Waals surface area contributed by atoms with E-state index in [2.05, 4.69) is 4.99 Å². The molecule has 1 atom stereocenters. The predicted molar refractivity (Wildman–Crippen MR) is 76.2 cm³/mol. The molecule has 0 aliphatic heterocycles. The van der Waals surface area contributed by atoms with Crippen LogP contribution in [0.4, 0.5) is 0 Å². The average molecular weight is 345 g/mol. The maximum Gasteiger partial charge on any atom is 0.190 e. The van der Waals surface area contributed by atoms with Gasteiger partial charge in [-0.15, -0.1) is 24.0 Å². The Morgan fingerprint density at radius 1 is 1.53 bits per heavy atom. The van der Waals surface area contributed by atoms with Crippen LogP contribution in [0.25, 0.3) is 0 Å². The Kier molecular flexibility index (Phi) is 6.09. The van der Waals surface area contributed by atoms with E-state index >= 15 is 0 Å². The highest BCUT2D eigenvalue weighted by Gasteiger charge is 2.40. The van der Waals surface area contributed by atoms with Gasteiger partial charge in [-0.25, -0.2) is 0 Å². The molecule has 1 rings (SSSR count). The topological polar surface area (TPSA) is 58.7 Å². The summed E-state index contributed by atoms with van der Waals surface area (Å²) in [5.41, 5.74) is 5.68. The summed E-state index contributed by atoms with van der Waals surface area (Å²) in [4.78, 5) is 6.04. The number of nitrogens with zero attached hydrogens (tertiary/aromatic N) is 2. The van der Waals surface area contributed by atoms with Gasteiger partial charge in [-0.1, -0.05) is 6.42 Å². The molecule has 0 spiro atoms. The Balaban J connectivity index is 0.00000196. The highest BCUT2D eigenvalue weighted by molar-refractivity contribution is 14.0. The number of nitrogens with two attached hydrogens (primary N) is 1. The lowest BCUT2D eigenvalue weighted by atomic mass is 9.84. The molecule has 0 radical (unpaired) electrons. The predicted octanol–water partition coefficient (Wildman–Crippen LogP) is 0.782. The van der Waals surface area contributed by atoms with Crippen molar-refractivity contribution in [2.75, 3.05) is 26.9 Å². The molecule has 0 aromatic carbocycles. The van der Waals surface area contributed by atoms with Gasteiger partial charge in [0, 0.05) is 31.2 Å². The molecule has 1 fully saturated rings. The fraction of sp³-hybridized carbons (Fsp3) is 0.889. The van der Waals surface area contributed by atoms with E-state index in [1.807, 2.05) is 14.1 Å². The van der Waals surface area contributed by atoms with Crippen molar-refractivity contribution >= 4 is 40.7 Å². The average Bonchev–Trinajstić information content (AvgIpc) is 2.00. The van der Waals surface area contributed by atoms with Gasteiger partial charge in [-0.05, 0) is 12.8 Å².